The van der Waals surface area contributed by atoms with Crippen LogP contribution in [0.2, 0.25) is 0 Å². The van der Waals surface area contributed by atoms with Crippen molar-refractivity contribution in [3.63, 3.8) is 0 Å². The number of nitrogens with one attached hydrogen (secondary N) is 1. The Bertz CT molecular complexity index is 380. The van der Waals surface area contributed by atoms with Crippen LogP contribution in [0.4, 0.5) is 5.69 Å². The standard InChI is InChI=1S/C11H15N3O/c1-15-11-5-8-4-9-6-12-2-3-14(9)10(8)7-13-11/h5,7,9,12H,2-4,6H2,1H3. The topological polar surface area (TPSA) is 37.4 Å². The van der Waals surface area contributed by atoms with E-state index >= 15 is 0 Å². The van der Waals surface area contributed by atoms with Gasteiger partial charge < -0.3 is 15.0 Å². The first-order chi connectivity index (χ1) is 7.38. The predicted molar refractivity (Wildman–Crippen MR) is 58.5 cm³/mol. The molecule has 3 heterocycles. The maximum absolute atomic E-state index is 5.15. The number of rotatable bonds is 1. The van der Waals surface area contributed by atoms with Gasteiger partial charge in [-0.3, -0.25) is 0 Å². The van der Waals surface area contributed by atoms with Crippen molar-refractivity contribution in [2.45, 2.75) is 12.5 Å². The van der Waals surface area contributed by atoms with E-state index in [-0.39, 0.29) is 0 Å². The summed E-state index contributed by atoms with van der Waals surface area (Å²) in [7, 11) is 1.67. The average Bonchev–Trinajstić information content (AvgIpc) is 2.66. The molecule has 80 valence electrons. The van der Waals surface area contributed by atoms with Crippen molar-refractivity contribution in [3.8, 4) is 5.88 Å². The molecule has 0 bridgehead atoms. The minimum Gasteiger partial charge on any atom is -0.481 e. The molecule has 3 rings (SSSR count). The van der Waals surface area contributed by atoms with E-state index in [0.717, 1.165) is 31.9 Å². The van der Waals surface area contributed by atoms with Crippen molar-refractivity contribution < 1.29 is 4.74 Å². The van der Waals surface area contributed by atoms with Crippen molar-refractivity contribution in [1.82, 2.24) is 10.3 Å². The molecule has 4 heteroatoms. The van der Waals surface area contributed by atoms with Crippen LogP contribution in [-0.2, 0) is 6.42 Å². The normalized spacial score (nSPS) is 23.5. The van der Waals surface area contributed by atoms with Crippen molar-refractivity contribution in [2.75, 3.05) is 31.6 Å². The van der Waals surface area contributed by atoms with Crippen LogP contribution in [0, 0.1) is 0 Å². The van der Waals surface area contributed by atoms with Crippen LogP contribution >= 0.6 is 0 Å². The molecule has 0 amide bonds. The van der Waals surface area contributed by atoms with Gasteiger partial charge in [-0.2, -0.15) is 0 Å². The number of hydrogen-bond acceptors (Lipinski definition) is 4. The van der Waals surface area contributed by atoms with Gasteiger partial charge >= 0.3 is 0 Å². The minimum absolute atomic E-state index is 0.614. The molecule has 1 saturated heterocycles. The first-order valence-corrected chi connectivity index (χ1v) is 5.39. The Hall–Kier alpha value is -1.29. The van der Waals surface area contributed by atoms with E-state index in [2.05, 4.69) is 21.3 Å². The lowest BCUT2D eigenvalue weighted by Crippen LogP contribution is -2.49. The number of pyridine rings is 1. The van der Waals surface area contributed by atoms with Gasteiger partial charge in [-0.15, -0.1) is 0 Å². The molecule has 1 unspecified atom stereocenters. The Labute approximate surface area is 89.3 Å². The van der Waals surface area contributed by atoms with Gasteiger partial charge in [0.1, 0.15) is 0 Å². The molecule has 1 atom stereocenters. The van der Waals surface area contributed by atoms with Gasteiger partial charge in [0.2, 0.25) is 5.88 Å². The SMILES string of the molecule is COc1cc2c(cn1)N1CCNCC1C2. The first kappa shape index (κ1) is 8.97. The largest absolute Gasteiger partial charge is 0.481 e. The van der Waals surface area contributed by atoms with Crippen molar-refractivity contribution >= 4 is 5.69 Å². The molecule has 1 aromatic rings. The number of methoxy groups -OCH3 is 1. The molecule has 0 aromatic carbocycles. The van der Waals surface area contributed by atoms with Crippen molar-refractivity contribution in [2.24, 2.45) is 0 Å². The zero-order valence-corrected chi connectivity index (χ0v) is 8.86. The summed E-state index contributed by atoms with van der Waals surface area (Å²) < 4.78 is 5.15. The van der Waals surface area contributed by atoms with E-state index in [1.54, 1.807) is 7.11 Å². The van der Waals surface area contributed by atoms with Gasteiger partial charge in [-0.05, 0) is 12.0 Å². The summed E-state index contributed by atoms with van der Waals surface area (Å²) >= 11 is 0. The second-order valence-corrected chi connectivity index (χ2v) is 4.11. The average molecular weight is 205 g/mol. The Morgan fingerprint density at radius 2 is 2.53 bits per heavy atom. The fraction of sp³-hybridized carbons (Fsp3) is 0.545. The number of nitrogens with zero attached hydrogens (tertiary/aromatic N) is 2. The van der Waals surface area contributed by atoms with Crippen LogP contribution in [-0.4, -0.2) is 37.8 Å². The first-order valence-electron chi connectivity index (χ1n) is 5.39. The molecule has 1 N–H and O–H groups in total. The molecule has 4 nitrogen and oxygen atoms in total. The molecule has 1 aromatic heterocycles. The monoisotopic (exact) mass is 205 g/mol. The minimum atomic E-state index is 0.614. The lowest BCUT2D eigenvalue weighted by Gasteiger charge is -2.32. The highest BCUT2D eigenvalue weighted by atomic mass is 16.5. The third-order valence-corrected chi connectivity index (χ3v) is 3.27. The molecular formula is C11H15N3O. The maximum Gasteiger partial charge on any atom is 0.213 e. The van der Waals surface area contributed by atoms with E-state index < -0.39 is 0 Å². The van der Waals surface area contributed by atoms with Gasteiger partial charge in [-0.1, -0.05) is 0 Å². The number of piperazine rings is 1. The van der Waals surface area contributed by atoms with Crippen LogP contribution in [0.15, 0.2) is 12.3 Å². The molecule has 15 heavy (non-hydrogen) atoms. The number of aromatic nitrogens is 1. The Balaban J connectivity index is 1.96. The summed E-state index contributed by atoms with van der Waals surface area (Å²) in [5.41, 5.74) is 2.66. The van der Waals surface area contributed by atoms with E-state index in [4.69, 9.17) is 4.74 Å². The lowest BCUT2D eigenvalue weighted by atomic mass is 10.1. The third-order valence-electron chi connectivity index (χ3n) is 3.27. The van der Waals surface area contributed by atoms with Crippen LogP contribution in [0.3, 0.4) is 0 Å². The molecule has 2 aliphatic heterocycles. The van der Waals surface area contributed by atoms with Gasteiger partial charge in [0.15, 0.2) is 0 Å². The number of ether oxygens (including phenoxy) is 1. The summed E-state index contributed by atoms with van der Waals surface area (Å²) in [6.45, 7) is 3.24. The van der Waals surface area contributed by atoms with Crippen LogP contribution in [0.5, 0.6) is 5.88 Å². The lowest BCUT2D eigenvalue weighted by molar-refractivity contribution is 0.397. The van der Waals surface area contributed by atoms with Gasteiger partial charge in [0, 0.05) is 31.7 Å². The quantitative estimate of drug-likeness (QED) is 0.721. The molecular weight excluding hydrogens is 190 g/mol. The molecule has 0 radical (unpaired) electrons. The summed E-state index contributed by atoms with van der Waals surface area (Å²) in [6, 6.07) is 2.68. The third kappa shape index (κ3) is 1.36. The summed E-state index contributed by atoms with van der Waals surface area (Å²) in [5.74, 6) is 0.724. The fourth-order valence-corrected chi connectivity index (χ4v) is 2.52. The predicted octanol–water partition coefficient (Wildman–Crippen LogP) is 0.424. The fourth-order valence-electron chi connectivity index (χ4n) is 2.52. The summed E-state index contributed by atoms with van der Waals surface area (Å²) in [6.07, 6.45) is 3.06. The van der Waals surface area contributed by atoms with Gasteiger partial charge in [0.25, 0.3) is 0 Å². The van der Waals surface area contributed by atoms with Crippen molar-refractivity contribution in [3.05, 3.63) is 17.8 Å². The zero-order valence-electron chi connectivity index (χ0n) is 8.86. The molecule has 0 saturated carbocycles. The van der Waals surface area contributed by atoms with Crippen LogP contribution in [0.25, 0.3) is 0 Å². The molecule has 0 aliphatic carbocycles. The second kappa shape index (κ2) is 3.38. The molecule has 1 fully saturated rings. The zero-order chi connectivity index (χ0) is 10.3. The number of fused-ring (bicyclic) bond motifs is 3. The number of anilines is 1. The highest BCUT2D eigenvalue weighted by Gasteiger charge is 2.31. The maximum atomic E-state index is 5.15. The van der Waals surface area contributed by atoms with Crippen molar-refractivity contribution in [1.29, 1.82) is 0 Å². The Morgan fingerprint density at radius 1 is 1.60 bits per heavy atom. The van der Waals surface area contributed by atoms with Crippen LogP contribution in [0.1, 0.15) is 5.56 Å². The van der Waals surface area contributed by atoms with Crippen LogP contribution < -0.4 is 15.0 Å². The summed E-state index contributed by atoms with van der Waals surface area (Å²) in [4.78, 5) is 6.73. The second-order valence-electron chi connectivity index (χ2n) is 4.11. The highest BCUT2D eigenvalue weighted by Crippen LogP contribution is 2.33. The smallest absolute Gasteiger partial charge is 0.213 e. The van der Waals surface area contributed by atoms with Gasteiger partial charge in [0.05, 0.1) is 19.0 Å². The van der Waals surface area contributed by atoms with E-state index in [0.29, 0.717) is 6.04 Å². The van der Waals surface area contributed by atoms with E-state index in [1.807, 2.05) is 6.20 Å². The van der Waals surface area contributed by atoms with E-state index in [9.17, 15) is 0 Å². The van der Waals surface area contributed by atoms with E-state index in [1.165, 1.54) is 11.3 Å². The van der Waals surface area contributed by atoms with Gasteiger partial charge in [-0.25, -0.2) is 4.98 Å². The molecule has 2 aliphatic rings. The highest BCUT2D eigenvalue weighted by molar-refractivity contribution is 5.59. The Morgan fingerprint density at radius 3 is 3.40 bits per heavy atom. The Kier molecular flexibility index (Phi) is 2.02. The summed E-state index contributed by atoms with van der Waals surface area (Å²) in [5, 5.41) is 3.43. The molecule has 0 spiro atoms. The number of hydrogen-bond donors (Lipinski definition) is 1.